The van der Waals surface area contributed by atoms with Crippen molar-refractivity contribution in [2.45, 2.75) is 38.7 Å². The summed E-state index contributed by atoms with van der Waals surface area (Å²) >= 11 is 1.63. The number of aromatic amines is 1. The van der Waals surface area contributed by atoms with Crippen molar-refractivity contribution in [1.29, 1.82) is 0 Å². The summed E-state index contributed by atoms with van der Waals surface area (Å²) in [5.74, 6) is 1.40. The molecule has 0 bridgehead atoms. The lowest BCUT2D eigenvalue weighted by molar-refractivity contribution is -0.137. The van der Waals surface area contributed by atoms with Gasteiger partial charge in [0.1, 0.15) is 22.7 Å². The molecule has 34 heavy (non-hydrogen) atoms. The largest absolute Gasteiger partial charge is 0.494 e. The van der Waals surface area contributed by atoms with Crippen LogP contribution in [0.4, 0.5) is 11.5 Å². The molecule has 0 radical (unpaired) electrons. The number of benzene rings is 1. The van der Waals surface area contributed by atoms with Crippen LogP contribution in [0.1, 0.15) is 30.7 Å². The lowest BCUT2D eigenvalue weighted by atomic mass is 9.86. The first-order valence-corrected chi connectivity index (χ1v) is 12.1. The van der Waals surface area contributed by atoms with Crippen molar-refractivity contribution in [2.24, 2.45) is 5.92 Å². The van der Waals surface area contributed by atoms with Gasteiger partial charge in [-0.3, -0.25) is 9.89 Å². The number of aryl methyl sites for hydroxylation is 1. The smallest absolute Gasteiger partial charge is 0.225 e. The minimum atomic E-state index is -0.918. The first-order chi connectivity index (χ1) is 16.2. The van der Waals surface area contributed by atoms with Crippen LogP contribution in [0, 0.1) is 5.92 Å². The number of fused-ring (bicyclic) bond motifs is 4. The maximum absolute atomic E-state index is 13.0. The standard InChI is InChI=1S/C24H28N6O3S/c1-24(2,32)11-30(3)23(31)13-5-6-15-19(8-13)34-22-20(15)21(25-12-26-22)28-17-7-14-10-27-29-16(14)9-18(17)33-4/h7,9-10,12-13,32H,5-6,8,11H2,1-4H3,(H,27,29)(H,25,26,28)/t13-/m0/s1. The van der Waals surface area contributed by atoms with Gasteiger partial charge in [-0.25, -0.2) is 9.97 Å². The summed E-state index contributed by atoms with van der Waals surface area (Å²) in [4.78, 5) is 25.8. The minimum absolute atomic E-state index is 0.0767. The molecule has 1 aliphatic carbocycles. The SMILES string of the molecule is COc1cc2[nH]ncc2cc1Nc1ncnc2sc3c(c12)CC[C@H](C(=O)N(C)CC(C)(C)O)C3. The number of nitrogens with one attached hydrogen (secondary N) is 2. The summed E-state index contributed by atoms with van der Waals surface area (Å²) in [7, 11) is 3.40. The molecule has 178 valence electrons. The molecule has 0 spiro atoms. The van der Waals surface area contributed by atoms with Crippen molar-refractivity contribution >= 4 is 49.9 Å². The zero-order chi connectivity index (χ0) is 24.0. The first kappa shape index (κ1) is 22.5. The third-order valence-electron chi connectivity index (χ3n) is 6.21. The van der Waals surface area contributed by atoms with E-state index in [9.17, 15) is 9.90 Å². The molecule has 3 heterocycles. The second kappa shape index (κ2) is 8.52. The molecular formula is C24H28N6O3S. The fourth-order valence-corrected chi connectivity index (χ4v) is 6.02. The van der Waals surface area contributed by atoms with Gasteiger partial charge in [0.25, 0.3) is 0 Å². The molecule has 9 nitrogen and oxygen atoms in total. The van der Waals surface area contributed by atoms with Crippen LogP contribution in [0.5, 0.6) is 5.75 Å². The second-order valence-corrected chi connectivity index (χ2v) is 10.6. The van der Waals surface area contributed by atoms with E-state index in [1.165, 1.54) is 10.4 Å². The van der Waals surface area contributed by atoms with Crippen molar-refractivity contribution in [3.63, 3.8) is 0 Å². The van der Waals surface area contributed by atoms with Gasteiger partial charge in [0.2, 0.25) is 5.91 Å². The molecule has 0 saturated heterocycles. The van der Waals surface area contributed by atoms with Gasteiger partial charge in [-0.05, 0) is 44.7 Å². The lowest BCUT2D eigenvalue weighted by Gasteiger charge is -2.30. The normalized spacial score (nSPS) is 16.0. The van der Waals surface area contributed by atoms with E-state index in [0.29, 0.717) is 18.7 Å². The first-order valence-electron chi connectivity index (χ1n) is 11.2. The Kier molecular flexibility index (Phi) is 5.65. The topological polar surface area (TPSA) is 116 Å². The number of nitrogens with zero attached hydrogens (tertiary/aromatic N) is 4. The highest BCUT2D eigenvalue weighted by atomic mass is 32.1. The van der Waals surface area contributed by atoms with Crippen LogP contribution < -0.4 is 10.1 Å². The highest BCUT2D eigenvalue weighted by Gasteiger charge is 2.32. The average molecular weight is 481 g/mol. The highest BCUT2D eigenvalue weighted by Crippen LogP contribution is 2.42. The number of hydrogen-bond donors (Lipinski definition) is 3. The molecule has 0 unspecified atom stereocenters. The summed E-state index contributed by atoms with van der Waals surface area (Å²) in [5.41, 5.74) is 1.99. The van der Waals surface area contributed by atoms with Crippen LogP contribution in [0.15, 0.2) is 24.7 Å². The Morgan fingerprint density at radius 1 is 1.38 bits per heavy atom. The van der Waals surface area contributed by atoms with Gasteiger partial charge in [-0.15, -0.1) is 11.3 Å². The van der Waals surface area contributed by atoms with Crippen LogP contribution in [-0.2, 0) is 17.6 Å². The number of thiophene rings is 1. The third kappa shape index (κ3) is 4.19. The number of methoxy groups -OCH3 is 1. The molecule has 3 N–H and O–H groups in total. The minimum Gasteiger partial charge on any atom is -0.494 e. The van der Waals surface area contributed by atoms with Crippen molar-refractivity contribution in [3.8, 4) is 5.75 Å². The second-order valence-electron chi connectivity index (χ2n) is 9.49. The Hall–Kier alpha value is -3.24. The number of likely N-dealkylation sites (N-methyl/N-ethyl adjacent to an activating group) is 1. The van der Waals surface area contributed by atoms with Gasteiger partial charge in [-0.1, -0.05) is 0 Å². The third-order valence-corrected chi connectivity index (χ3v) is 7.37. The van der Waals surface area contributed by atoms with Crippen LogP contribution in [0.25, 0.3) is 21.1 Å². The summed E-state index contributed by atoms with van der Waals surface area (Å²) in [6, 6.07) is 3.89. The molecule has 5 rings (SSSR count). The molecule has 0 saturated carbocycles. The van der Waals surface area contributed by atoms with Crippen LogP contribution in [0.3, 0.4) is 0 Å². The predicted molar refractivity (Wildman–Crippen MR) is 133 cm³/mol. The van der Waals surface area contributed by atoms with Gasteiger partial charge in [-0.2, -0.15) is 5.10 Å². The lowest BCUT2D eigenvalue weighted by Crippen LogP contribution is -2.43. The number of amides is 1. The van der Waals surface area contributed by atoms with Crippen LogP contribution in [-0.4, -0.2) is 62.4 Å². The summed E-state index contributed by atoms with van der Waals surface area (Å²) in [6.45, 7) is 3.74. The Bertz CT molecular complexity index is 1370. The Balaban J connectivity index is 1.45. The molecule has 0 fully saturated rings. The molecular weight excluding hydrogens is 452 g/mol. The van der Waals surface area contributed by atoms with E-state index in [4.69, 9.17) is 4.74 Å². The number of anilines is 2. The van der Waals surface area contributed by atoms with Crippen LogP contribution in [0.2, 0.25) is 0 Å². The maximum Gasteiger partial charge on any atom is 0.225 e. The fourth-order valence-electron chi connectivity index (χ4n) is 4.75. The molecule has 3 aromatic heterocycles. The van der Waals surface area contributed by atoms with Gasteiger partial charge in [0.15, 0.2) is 0 Å². The maximum atomic E-state index is 13.0. The van der Waals surface area contributed by atoms with E-state index < -0.39 is 5.60 Å². The number of carbonyl (C=O) groups is 1. The molecule has 1 aliphatic rings. The molecule has 4 aromatic rings. The van der Waals surface area contributed by atoms with Crippen molar-refractivity contribution in [2.75, 3.05) is 26.0 Å². The predicted octanol–water partition coefficient (Wildman–Crippen LogP) is 3.65. The van der Waals surface area contributed by atoms with Gasteiger partial charge >= 0.3 is 0 Å². The van der Waals surface area contributed by atoms with Crippen LogP contribution >= 0.6 is 11.3 Å². The number of ether oxygens (including phenoxy) is 1. The number of hydrogen-bond acceptors (Lipinski definition) is 8. The average Bonchev–Trinajstić information content (AvgIpc) is 3.40. The fraction of sp³-hybridized carbons (Fsp3) is 0.417. The zero-order valence-electron chi connectivity index (χ0n) is 19.7. The monoisotopic (exact) mass is 480 g/mol. The zero-order valence-corrected chi connectivity index (χ0v) is 20.5. The van der Waals surface area contributed by atoms with Gasteiger partial charge in [0, 0.05) is 35.8 Å². The number of H-pyrrole nitrogens is 1. The van der Waals surface area contributed by atoms with Crippen molar-refractivity contribution < 1.29 is 14.6 Å². The van der Waals surface area contributed by atoms with E-state index in [0.717, 1.165) is 45.5 Å². The molecule has 10 heteroatoms. The van der Waals surface area contributed by atoms with Crippen molar-refractivity contribution in [1.82, 2.24) is 25.1 Å². The molecule has 1 atom stereocenters. The Morgan fingerprint density at radius 3 is 2.97 bits per heavy atom. The molecule has 1 aromatic carbocycles. The van der Waals surface area contributed by atoms with E-state index >= 15 is 0 Å². The number of aromatic nitrogens is 4. The van der Waals surface area contributed by atoms with Gasteiger partial charge < -0.3 is 20.1 Å². The van der Waals surface area contributed by atoms with Crippen molar-refractivity contribution in [3.05, 3.63) is 35.1 Å². The number of rotatable bonds is 6. The van der Waals surface area contributed by atoms with E-state index in [1.54, 1.807) is 56.8 Å². The number of aliphatic hydroxyl groups is 1. The molecule has 1 amide bonds. The van der Waals surface area contributed by atoms with E-state index in [1.807, 2.05) is 12.1 Å². The van der Waals surface area contributed by atoms with Gasteiger partial charge in [0.05, 0.1) is 35.5 Å². The summed E-state index contributed by atoms with van der Waals surface area (Å²) in [5, 5.41) is 22.6. The van der Waals surface area contributed by atoms with E-state index in [2.05, 4.69) is 25.5 Å². The van der Waals surface area contributed by atoms with E-state index in [-0.39, 0.29) is 11.8 Å². The summed E-state index contributed by atoms with van der Waals surface area (Å²) in [6.07, 6.45) is 5.55. The summed E-state index contributed by atoms with van der Waals surface area (Å²) < 4.78 is 5.59. The number of carbonyl (C=O) groups excluding carboxylic acids is 1. The Morgan fingerprint density at radius 2 is 2.21 bits per heavy atom. The Labute approximate surface area is 201 Å². The highest BCUT2D eigenvalue weighted by molar-refractivity contribution is 7.19. The molecule has 0 aliphatic heterocycles. The quantitative estimate of drug-likeness (QED) is 0.386.